The van der Waals surface area contributed by atoms with Crippen molar-refractivity contribution < 1.29 is 9.53 Å². The molecule has 5 rings (SSSR count). The minimum atomic E-state index is -0.253. The maximum absolute atomic E-state index is 12.9. The zero-order chi connectivity index (χ0) is 22.1. The second-order valence-electron chi connectivity index (χ2n) is 7.06. The highest BCUT2D eigenvalue weighted by atomic mass is 35.5. The fourth-order valence-corrected chi connectivity index (χ4v) is 4.45. The Kier molecular flexibility index (Phi) is 5.34. The first-order chi connectivity index (χ1) is 15.6. The Morgan fingerprint density at radius 2 is 1.75 bits per heavy atom. The molecule has 0 fully saturated rings. The summed E-state index contributed by atoms with van der Waals surface area (Å²) < 4.78 is 8.36. The predicted octanol–water partition coefficient (Wildman–Crippen LogP) is 6.49. The van der Waals surface area contributed by atoms with Crippen LogP contribution in [0.15, 0.2) is 78.9 Å². The van der Waals surface area contributed by atoms with Crippen molar-refractivity contribution in [1.29, 1.82) is 0 Å². The van der Waals surface area contributed by atoms with Crippen molar-refractivity contribution >= 4 is 44.9 Å². The third kappa shape index (κ3) is 4.08. The number of carbonyl (C=O) groups excluding carboxylic acids is 1. The van der Waals surface area contributed by atoms with Gasteiger partial charge in [-0.25, -0.2) is 4.98 Å². The van der Waals surface area contributed by atoms with Gasteiger partial charge >= 0.3 is 0 Å². The van der Waals surface area contributed by atoms with Crippen LogP contribution < -0.4 is 10.1 Å². The van der Waals surface area contributed by atoms with Gasteiger partial charge in [-0.1, -0.05) is 47.2 Å². The lowest BCUT2D eigenvalue weighted by molar-refractivity contribution is 0.102. The normalized spacial score (nSPS) is 10.9. The number of rotatable bonds is 5. The molecule has 2 aromatic heterocycles. The number of ether oxygens (including phenoxy) is 1. The van der Waals surface area contributed by atoms with Crippen LogP contribution in [-0.4, -0.2) is 20.7 Å². The SMILES string of the molecule is Cc1cc(NC(=O)c2ccc(Oc3ccccc3)cc2)n(-c2nc3c(Cl)cccc3s2)n1. The Labute approximate surface area is 193 Å². The summed E-state index contributed by atoms with van der Waals surface area (Å²) in [5.74, 6) is 1.67. The van der Waals surface area contributed by atoms with E-state index >= 15 is 0 Å². The molecule has 0 aliphatic heterocycles. The van der Waals surface area contributed by atoms with Crippen LogP contribution in [0.1, 0.15) is 16.1 Å². The molecular formula is C24H17ClN4O2S. The van der Waals surface area contributed by atoms with Gasteiger partial charge < -0.3 is 10.1 Å². The number of hydrogen-bond acceptors (Lipinski definition) is 5. The number of nitrogens with one attached hydrogen (secondary N) is 1. The summed E-state index contributed by atoms with van der Waals surface area (Å²) in [5, 5.41) is 8.64. The van der Waals surface area contributed by atoms with Crippen LogP contribution >= 0.6 is 22.9 Å². The number of benzene rings is 3. The summed E-state index contributed by atoms with van der Waals surface area (Å²) in [4.78, 5) is 17.5. The van der Waals surface area contributed by atoms with E-state index in [1.54, 1.807) is 41.1 Å². The molecule has 0 radical (unpaired) electrons. The first-order valence-electron chi connectivity index (χ1n) is 9.83. The van der Waals surface area contributed by atoms with Gasteiger partial charge in [0.2, 0.25) is 5.13 Å². The number of aryl methyl sites for hydroxylation is 1. The van der Waals surface area contributed by atoms with Gasteiger partial charge in [-0.15, -0.1) is 0 Å². The van der Waals surface area contributed by atoms with Gasteiger partial charge in [0, 0.05) is 11.6 Å². The van der Waals surface area contributed by atoms with Gasteiger partial charge in [0.05, 0.1) is 15.4 Å². The third-order valence-corrected chi connectivity index (χ3v) is 6.01. The maximum atomic E-state index is 12.9. The average Bonchev–Trinajstić information content (AvgIpc) is 3.39. The van der Waals surface area contributed by atoms with Crippen molar-refractivity contribution in [2.45, 2.75) is 6.92 Å². The smallest absolute Gasteiger partial charge is 0.256 e. The van der Waals surface area contributed by atoms with Crippen molar-refractivity contribution in [3.63, 3.8) is 0 Å². The third-order valence-electron chi connectivity index (χ3n) is 4.71. The van der Waals surface area contributed by atoms with Gasteiger partial charge in [-0.05, 0) is 55.5 Å². The lowest BCUT2D eigenvalue weighted by atomic mass is 10.2. The van der Waals surface area contributed by atoms with Crippen molar-refractivity contribution in [3.05, 3.63) is 95.1 Å². The lowest BCUT2D eigenvalue weighted by Crippen LogP contribution is -2.15. The Morgan fingerprint density at radius 3 is 2.50 bits per heavy atom. The molecule has 0 bridgehead atoms. The highest BCUT2D eigenvalue weighted by Gasteiger charge is 2.16. The summed E-state index contributed by atoms with van der Waals surface area (Å²) in [7, 11) is 0. The summed E-state index contributed by atoms with van der Waals surface area (Å²) >= 11 is 7.72. The number of nitrogens with zero attached hydrogens (tertiary/aromatic N) is 3. The van der Waals surface area contributed by atoms with Crippen LogP contribution in [0, 0.1) is 6.92 Å². The van der Waals surface area contributed by atoms with E-state index in [-0.39, 0.29) is 5.91 Å². The van der Waals surface area contributed by atoms with E-state index in [2.05, 4.69) is 15.4 Å². The molecule has 2 heterocycles. The molecule has 158 valence electrons. The maximum Gasteiger partial charge on any atom is 0.256 e. The fraction of sp³-hybridized carbons (Fsp3) is 0.0417. The van der Waals surface area contributed by atoms with Gasteiger partial charge in [0.1, 0.15) is 22.8 Å². The number of thiazole rings is 1. The molecule has 1 N–H and O–H groups in total. The molecule has 0 spiro atoms. The second-order valence-corrected chi connectivity index (χ2v) is 8.48. The van der Waals surface area contributed by atoms with E-state index < -0.39 is 0 Å². The zero-order valence-corrected chi connectivity index (χ0v) is 18.5. The van der Waals surface area contributed by atoms with Crippen LogP contribution in [0.5, 0.6) is 11.5 Å². The van der Waals surface area contributed by atoms with Gasteiger partial charge in [-0.3, -0.25) is 4.79 Å². The molecule has 0 atom stereocenters. The summed E-state index contributed by atoms with van der Waals surface area (Å²) in [6.07, 6.45) is 0. The van der Waals surface area contributed by atoms with Crippen molar-refractivity contribution in [2.75, 3.05) is 5.32 Å². The Hall–Kier alpha value is -3.68. The van der Waals surface area contributed by atoms with Crippen LogP contribution in [-0.2, 0) is 0 Å². The molecule has 6 nitrogen and oxygen atoms in total. The van der Waals surface area contributed by atoms with E-state index in [0.717, 1.165) is 16.1 Å². The first kappa shape index (κ1) is 20.2. The number of carbonyl (C=O) groups is 1. The van der Waals surface area contributed by atoms with Crippen molar-refractivity contribution in [3.8, 4) is 16.6 Å². The fourth-order valence-electron chi connectivity index (χ4n) is 3.22. The summed E-state index contributed by atoms with van der Waals surface area (Å²) in [5.41, 5.74) is 1.98. The lowest BCUT2D eigenvalue weighted by Gasteiger charge is -2.08. The van der Waals surface area contributed by atoms with E-state index in [0.29, 0.717) is 32.8 Å². The Bertz CT molecular complexity index is 1410. The summed E-state index contributed by atoms with van der Waals surface area (Å²) in [6.45, 7) is 1.86. The molecule has 0 aliphatic carbocycles. The van der Waals surface area contributed by atoms with Crippen molar-refractivity contribution in [2.24, 2.45) is 0 Å². The standard InChI is InChI=1S/C24H17ClN4O2S/c1-15-14-21(29(28-15)24-27-22-19(25)8-5-9-20(22)32-24)26-23(30)16-10-12-18(13-11-16)31-17-6-3-2-4-7-17/h2-14H,1H3,(H,26,30). The van der Waals surface area contributed by atoms with E-state index in [1.165, 1.54) is 11.3 Å². The molecule has 32 heavy (non-hydrogen) atoms. The molecular weight excluding hydrogens is 444 g/mol. The molecule has 0 saturated heterocycles. The molecule has 0 unspecified atom stereocenters. The highest BCUT2D eigenvalue weighted by Crippen LogP contribution is 2.31. The van der Waals surface area contributed by atoms with Crippen molar-refractivity contribution in [1.82, 2.24) is 14.8 Å². The average molecular weight is 461 g/mol. The van der Waals surface area contributed by atoms with E-state index in [9.17, 15) is 4.79 Å². The number of fused-ring (bicyclic) bond motifs is 1. The van der Waals surface area contributed by atoms with Gasteiger partial charge in [0.25, 0.3) is 5.91 Å². The van der Waals surface area contributed by atoms with Crippen LogP contribution in [0.4, 0.5) is 5.82 Å². The molecule has 0 saturated carbocycles. The van der Waals surface area contributed by atoms with Gasteiger partial charge in [0.15, 0.2) is 0 Å². The molecule has 3 aromatic carbocycles. The Balaban J connectivity index is 1.37. The number of para-hydroxylation sites is 2. The predicted molar refractivity (Wildman–Crippen MR) is 127 cm³/mol. The number of halogens is 1. The van der Waals surface area contributed by atoms with Gasteiger partial charge in [-0.2, -0.15) is 9.78 Å². The van der Waals surface area contributed by atoms with E-state index in [4.69, 9.17) is 16.3 Å². The highest BCUT2D eigenvalue weighted by molar-refractivity contribution is 7.20. The monoisotopic (exact) mass is 460 g/mol. The quantitative estimate of drug-likeness (QED) is 0.325. The first-order valence-corrected chi connectivity index (χ1v) is 11.0. The largest absolute Gasteiger partial charge is 0.457 e. The minimum Gasteiger partial charge on any atom is -0.457 e. The second kappa shape index (κ2) is 8.45. The van der Waals surface area contributed by atoms with Crippen LogP contribution in [0.25, 0.3) is 15.3 Å². The van der Waals surface area contributed by atoms with Crippen LogP contribution in [0.3, 0.4) is 0 Å². The summed E-state index contributed by atoms with van der Waals surface area (Å²) in [6, 6.07) is 23.9. The minimum absolute atomic E-state index is 0.253. The zero-order valence-electron chi connectivity index (χ0n) is 16.9. The number of aromatic nitrogens is 3. The molecule has 0 aliphatic rings. The van der Waals surface area contributed by atoms with E-state index in [1.807, 2.05) is 49.4 Å². The van der Waals surface area contributed by atoms with Crippen LogP contribution in [0.2, 0.25) is 5.02 Å². The number of hydrogen-bond donors (Lipinski definition) is 1. The Morgan fingerprint density at radius 1 is 1.00 bits per heavy atom. The topological polar surface area (TPSA) is 69.0 Å². The molecule has 1 amide bonds. The molecule has 8 heteroatoms. The number of anilines is 1. The number of amides is 1. The molecule has 5 aromatic rings.